The molecule has 3 rings (SSSR count). The molecule has 0 amide bonds. The molecule has 7 heteroatoms. The lowest BCUT2D eigenvalue weighted by atomic mass is 10.2. The van der Waals surface area contributed by atoms with Crippen LogP contribution in [0, 0.1) is 0 Å². The molecule has 0 aliphatic carbocycles. The van der Waals surface area contributed by atoms with Crippen LogP contribution in [0.15, 0.2) is 71.8 Å². The third kappa shape index (κ3) is 5.49. The van der Waals surface area contributed by atoms with Gasteiger partial charge in [0, 0.05) is 10.6 Å². The van der Waals surface area contributed by atoms with Crippen LogP contribution < -0.4 is 14.9 Å². The zero-order valence-corrected chi connectivity index (χ0v) is 16.4. The van der Waals surface area contributed by atoms with E-state index in [0.29, 0.717) is 28.8 Å². The minimum Gasteiger partial charge on any atom is -0.493 e. The van der Waals surface area contributed by atoms with Gasteiger partial charge in [0.2, 0.25) is 0 Å². The van der Waals surface area contributed by atoms with Crippen LogP contribution in [0.1, 0.15) is 21.5 Å². The van der Waals surface area contributed by atoms with Gasteiger partial charge in [-0.15, -0.1) is 0 Å². The maximum Gasteiger partial charge on any atom is 0.335 e. The molecule has 0 aliphatic heterocycles. The zero-order valence-electron chi connectivity index (χ0n) is 15.6. The van der Waals surface area contributed by atoms with Crippen molar-refractivity contribution in [2.24, 2.45) is 5.10 Å². The van der Waals surface area contributed by atoms with E-state index in [0.717, 1.165) is 11.1 Å². The summed E-state index contributed by atoms with van der Waals surface area (Å²) in [5, 5.41) is 13.8. The number of hydrogen-bond acceptors (Lipinski definition) is 5. The first-order valence-electron chi connectivity index (χ1n) is 8.73. The number of methoxy groups -OCH3 is 1. The molecule has 3 aromatic rings. The van der Waals surface area contributed by atoms with Crippen molar-refractivity contribution in [1.82, 2.24) is 0 Å². The number of nitrogens with zero attached hydrogens (tertiary/aromatic N) is 1. The van der Waals surface area contributed by atoms with E-state index in [4.69, 9.17) is 26.2 Å². The molecule has 0 saturated heterocycles. The normalized spacial score (nSPS) is 10.7. The number of nitrogens with one attached hydrogen (secondary N) is 1. The number of halogens is 1. The van der Waals surface area contributed by atoms with Crippen molar-refractivity contribution in [3.8, 4) is 11.5 Å². The van der Waals surface area contributed by atoms with Gasteiger partial charge < -0.3 is 14.6 Å². The van der Waals surface area contributed by atoms with E-state index in [1.807, 2.05) is 30.3 Å². The van der Waals surface area contributed by atoms with Crippen molar-refractivity contribution in [1.29, 1.82) is 0 Å². The molecule has 0 unspecified atom stereocenters. The Kier molecular flexibility index (Phi) is 6.71. The van der Waals surface area contributed by atoms with E-state index in [1.54, 1.807) is 37.6 Å². The smallest absolute Gasteiger partial charge is 0.335 e. The highest BCUT2D eigenvalue weighted by Crippen LogP contribution is 2.29. The third-order valence-electron chi connectivity index (χ3n) is 4.05. The van der Waals surface area contributed by atoms with Crippen LogP contribution in [0.3, 0.4) is 0 Å². The Bertz CT molecular complexity index is 1040. The zero-order chi connectivity index (χ0) is 20.6. The maximum atomic E-state index is 11.0. The number of hydrazone groups is 1. The van der Waals surface area contributed by atoms with Gasteiger partial charge in [0.05, 0.1) is 24.6 Å². The SMILES string of the molecule is COc1cc(/C=N/Nc2cccc(C(=O)O)c2)ccc1OCc1ccccc1Cl. The summed E-state index contributed by atoms with van der Waals surface area (Å²) in [7, 11) is 1.56. The second kappa shape index (κ2) is 9.61. The van der Waals surface area contributed by atoms with Gasteiger partial charge in [-0.1, -0.05) is 35.9 Å². The summed E-state index contributed by atoms with van der Waals surface area (Å²) >= 11 is 6.16. The summed E-state index contributed by atoms with van der Waals surface area (Å²) in [6.07, 6.45) is 1.60. The lowest BCUT2D eigenvalue weighted by Gasteiger charge is -2.12. The Morgan fingerprint density at radius 2 is 1.93 bits per heavy atom. The average molecular weight is 411 g/mol. The lowest BCUT2D eigenvalue weighted by molar-refractivity contribution is 0.0697. The van der Waals surface area contributed by atoms with Crippen LogP contribution in [0.5, 0.6) is 11.5 Å². The molecular formula is C22H19ClN2O4. The van der Waals surface area contributed by atoms with E-state index in [-0.39, 0.29) is 5.56 Å². The summed E-state index contributed by atoms with van der Waals surface area (Å²) in [6.45, 7) is 0.324. The number of anilines is 1. The van der Waals surface area contributed by atoms with Crippen LogP contribution in [0.25, 0.3) is 0 Å². The fourth-order valence-corrected chi connectivity index (χ4v) is 2.75. The van der Waals surface area contributed by atoms with Gasteiger partial charge in [-0.2, -0.15) is 5.10 Å². The number of rotatable bonds is 8. The third-order valence-corrected chi connectivity index (χ3v) is 4.41. The number of ether oxygens (including phenoxy) is 2. The highest BCUT2D eigenvalue weighted by molar-refractivity contribution is 6.31. The second-order valence-corrected chi connectivity index (χ2v) is 6.45. The van der Waals surface area contributed by atoms with Gasteiger partial charge in [-0.3, -0.25) is 5.43 Å². The van der Waals surface area contributed by atoms with Crippen LogP contribution in [-0.2, 0) is 6.61 Å². The number of hydrogen-bond donors (Lipinski definition) is 2. The minimum absolute atomic E-state index is 0.187. The summed E-state index contributed by atoms with van der Waals surface area (Å²) < 4.78 is 11.2. The van der Waals surface area contributed by atoms with E-state index < -0.39 is 5.97 Å². The second-order valence-electron chi connectivity index (χ2n) is 6.05. The van der Waals surface area contributed by atoms with Gasteiger partial charge >= 0.3 is 5.97 Å². The molecule has 0 aromatic heterocycles. The molecule has 29 heavy (non-hydrogen) atoms. The van der Waals surface area contributed by atoms with Gasteiger partial charge in [0.15, 0.2) is 11.5 Å². The largest absolute Gasteiger partial charge is 0.493 e. The number of carbonyl (C=O) groups is 1. The van der Waals surface area contributed by atoms with Crippen molar-refractivity contribution in [3.63, 3.8) is 0 Å². The molecule has 2 N–H and O–H groups in total. The van der Waals surface area contributed by atoms with E-state index in [1.165, 1.54) is 12.1 Å². The molecule has 0 radical (unpaired) electrons. The standard InChI is InChI=1S/C22H19ClN2O4/c1-28-21-11-15(13-24-25-18-7-4-6-16(12-18)22(26)27)9-10-20(21)29-14-17-5-2-3-8-19(17)23/h2-13,25H,14H2,1H3,(H,26,27)/b24-13+. The Balaban J connectivity index is 1.66. The van der Waals surface area contributed by atoms with Crippen molar-refractivity contribution < 1.29 is 19.4 Å². The highest BCUT2D eigenvalue weighted by atomic mass is 35.5. The first kappa shape index (κ1) is 20.2. The van der Waals surface area contributed by atoms with Crippen molar-refractivity contribution in [3.05, 3.63) is 88.4 Å². The number of aromatic carboxylic acids is 1. The summed E-state index contributed by atoms with van der Waals surface area (Å²) in [4.78, 5) is 11.0. The average Bonchev–Trinajstić information content (AvgIpc) is 2.74. The molecule has 0 fully saturated rings. The molecule has 148 valence electrons. The Labute approximate surface area is 173 Å². The predicted octanol–water partition coefficient (Wildman–Crippen LogP) is 5.07. The van der Waals surface area contributed by atoms with Crippen molar-refractivity contribution >= 4 is 29.5 Å². The van der Waals surface area contributed by atoms with Gasteiger partial charge in [0.1, 0.15) is 6.61 Å². The monoisotopic (exact) mass is 410 g/mol. The van der Waals surface area contributed by atoms with E-state index in [2.05, 4.69) is 10.5 Å². The topological polar surface area (TPSA) is 80.2 Å². The van der Waals surface area contributed by atoms with Crippen LogP contribution in [0.2, 0.25) is 5.02 Å². The molecular weight excluding hydrogens is 392 g/mol. The molecule has 0 bridgehead atoms. The quantitative estimate of drug-likeness (QED) is 0.400. The molecule has 0 aliphatic rings. The molecule has 3 aromatic carbocycles. The van der Waals surface area contributed by atoms with E-state index in [9.17, 15) is 4.79 Å². The Hall–Kier alpha value is -3.51. The van der Waals surface area contributed by atoms with E-state index >= 15 is 0 Å². The number of benzene rings is 3. The molecule has 0 saturated carbocycles. The Morgan fingerprint density at radius 1 is 1.10 bits per heavy atom. The maximum absolute atomic E-state index is 11.0. The molecule has 6 nitrogen and oxygen atoms in total. The van der Waals surface area contributed by atoms with Gasteiger partial charge in [-0.05, 0) is 48.0 Å². The fourth-order valence-electron chi connectivity index (χ4n) is 2.56. The Morgan fingerprint density at radius 3 is 2.69 bits per heavy atom. The van der Waals surface area contributed by atoms with Gasteiger partial charge in [0.25, 0.3) is 0 Å². The van der Waals surface area contributed by atoms with Crippen molar-refractivity contribution in [2.45, 2.75) is 6.61 Å². The molecule has 0 heterocycles. The number of carboxylic acid groups (broad SMARTS) is 1. The number of carboxylic acids is 1. The predicted molar refractivity (Wildman–Crippen MR) is 113 cm³/mol. The highest BCUT2D eigenvalue weighted by Gasteiger charge is 2.07. The van der Waals surface area contributed by atoms with Gasteiger partial charge in [-0.25, -0.2) is 4.79 Å². The minimum atomic E-state index is -0.991. The molecule has 0 spiro atoms. The lowest BCUT2D eigenvalue weighted by Crippen LogP contribution is -1.99. The van der Waals surface area contributed by atoms with Crippen LogP contribution in [-0.4, -0.2) is 24.4 Å². The fraction of sp³-hybridized carbons (Fsp3) is 0.0909. The van der Waals surface area contributed by atoms with Crippen LogP contribution >= 0.6 is 11.6 Å². The van der Waals surface area contributed by atoms with Crippen molar-refractivity contribution in [2.75, 3.05) is 12.5 Å². The first-order valence-corrected chi connectivity index (χ1v) is 9.11. The molecule has 0 atom stereocenters. The summed E-state index contributed by atoms with van der Waals surface area (Å²) in [5.41, 5.74) is 5.25. The summed E-state index contributed by atoms with van der Waals surface area (Å²) in [6, 6.07) is 19.3. The summed E-state index contributed by atoms with van der Waals surface area (Å²) in [5.74, 6) is 0.162. The first-order chi connectivity index (χ1) is 14.1. The van der Waals surface area contributed by atoms with Crippen LogP contribution in [0.4, 0.5) is 5.69 Å².